The minimum absolute atomic E-state index is 0.0137. The topological polar surface area (TPSA) is 110 Å². The normalized spacial score (nSPS) is 19.8. The Kier molecular flexibility index (Phi) is 4.91. The predicted octanol–water partition coefficient (Wildman–Crippen LogP) is 0.857. The van der Waals surface area contributed by atoms with Gasteiger partial charge in [-0.1, -0.05) is 12.1 Å². The second-order valence-corrected chi connectivity index (χ2v) is 7.58. The molecule has 122 valence electrons. The van der Waals surface area contributed by atoms with E-state index >= 15 is 0 Å². The number of para-hydroxylation sites is 2. The summed E-state index contributed by atoms with van der Waals surface area (Å²) >= 11 is 0. The first kappa shape index (κ1) is 16.8. The van der Waals surface area contributed by atoms with Gasteiger partial charge in [-0.05, 0) is 18.6 Å². The predicted molar refractivity (Wildman–Crippen MR) is 85.3 cm³/mol. The summed E-state index contributed by atoms with van der Waals surface area (Å²) in [5, 5.41) is 21.2. The number of phenols is 1. The van der Waals surface area contributed by atoms with Crippen LogP contribution in [0.3, 0.4) is 0 Å². The lowest BCUT2D eigenvalue weighted by Crippen LogP contribution is -2.29. The number of carbonyl (C=O) groups excluding carboxylic acids is 1. The highest BCUT2D eigenvalue weighted by Gasteiger charge is 2.30. The van der Waals surface area contributed by atoms with Gasteiger partial charge in [-0.15, -0.1) is 0 Å². The average molecular weight is 335 g/mol. The number of amides is 1. The van der Waals surface area contributed by atoms with Crippen LogP contribution in [0.2, 0.25) is 0 Å². The van der Waals surface area contributed by atoms with Crippen molar-refractivity contribution >= 4 is 21.4 Å². The standard InChI is InChI=1S/C15H17N3O4S/c1-18(12-6-7-23(21,22)10-12)9-11(8-16)15(20)17-13-4-2-3-5-14(13)19/h2-5,9,12,19H,6-7,10H2,1H3,(H,17,20)/b11-9-. The van der Waals surface area contributed by atoms with Crippen LogP contribution >= 0.6 is 0 Å². The maximum atomic E-state index is 12.1. The molecule has 1 aromatic rings. The third kappa shape index (κ3) is 4.23. The van der Waals surface area contributed by atoms with Gasteiger partial charge in [-0.3, -0.25) is 4.79 Å². The van der Waals surface area contributed by atoms with Gasteiger partial charge in [0.15, 0.2) is 9.84 Å². The summed E-state index contributed by atoms with van der Waals surface area (Å²) in [5.41, 5.74) is 0.0322. The quantitative estimate of drug-likeness (QED) is 0.480. The molecule has 1 heterocycles. The van der Waals surface area contributed by atoms with Crippen LogP contribution in [0.25, 0.3) is 0 Å². The van der Waals surface area contributed by atoms with Crippen molar-refractivity contribution in [2.24, 2.45) is 0 Å². The van der Waals surface area contributed by atoms with Gasteiger partial charge in [0.05, 0.1) is 17.2 Å². The number of benzene rings is 1. The van der Waals surface area contributed by atoms with Crippen molar-refractivity contribution in [2.45, 2.75) is 12.5 Å². The molecule has 1 fully saturated rings. The molecule has 0 radical (unpaired) electrons. The zero-order chi connectivity index (χ0) is 17.0. The fraction of sp³-hybridized carbons (Fsp3) is 0.333. The molecule has 2 N–H and O–H groups in total. The zero-order valence-corrected chi connectivity index (χ0v) is 13.4. The Morgan fingerprint density at radius 1 is 1.48 bits per heavy atom. The molecule has 1 unspecified atom stereocenters. The molecule has 1 aliphatic heterocycles. The van der Waals surface area contributed by atoms with Crippen molar-refractivity contribution in [3.05, 3.63) is 36.0 Å². The van der Waals surface area contributed by atoms with E-state index in [4.69, 9.17) is 5.26 Å². The highest BCUT2D eigenvalue weighted by atomic mass is 32.2. The molecule has 1 atom stereocenters. The molecule has 8 heteroatoms. The van der Waals surface area contributed by atoms with E-state index < -0.39 is 15.7 Å². The van der Waals surface area contributed by atoms with Crippen LogP contribution in [0.15, 0.2) is 36.0 Å². The van der Waals surface area contributed by atoms with Crippen LogP contribution in [0, 0.1) is 11.3 Å². The van der Waals surface area contributed by atoms with Crippen molar-refractivity contribution < 1.29 is 18.3 Å². The summed E-state index contributed by atoms with van der Waals surface area (Å²) in [6.07, 6.45) is 1.80. The minimum Gasteiger partial charge on any atom is -0.506 e. The largest absolute Gasteiger partial charge is 0.506 e. The van der Waals surface area contributed by atoms with Gasteiger partial charge in [-0.2, -0.15) is 5.26 Å². The Labute approximate surface area is 134 Å². The molecule has 23 heavy (non-hydrogen) atoms. The monoisotopic (exact) mass is 335 g/mol. The molecule has 1 aromatic carbocycles. The van der Waals surface area contributed by atoms with Crippen molar-refractivity contribution in [1.82, 2.24) is 4.90 Å². The molecule has 7 nitrogen and oxygen atoms in total. The van der Waals surface area contributed by atoms with E-state index in [1.54, 1.807) is 30.1 Å². The second kappa shape index (κ2) is 6.71. The summed E-state index contributed by atoms with van der Waals surface area (Å²) < 4.78 is 23.0. The number of hydrogen-bond donors (Lipinski definition) is 2. The lowest BCUT2D eigenvalue weighted by atomic mass is 10.2. The lowest BCUT2D eigenvalue weighted by molar-refractivity contribution is -0.112. The number of nitriles is 1. The number of phenolic OH excluding ortho intramolecular Hbond substituents is 1. The summed E-state index contributed by atoms with van der Waals surface area (Å²) in [6, 6.07) is 7.72. The molecular formula is C15H17N3O4S. The Bertz CT molecular complexity index is 780. The lowest BCUT2D eigenvalue weighted by Gasteiger charge is -2.21. The van der Waals surface area contributed by atoms with Crippen molar-refractivity contribution in [3.63, 3.8) is 0 Å². The van der Waals surface area contributed by atoms with Crippen molar-refractivity contribution in [1.29, 1.82) is 5.26 Å². The molecule has 0 aromatic heterocycles. The average Bonchev–Trinajstić information content (AvgIpc) is 2.87. The third-order valence-electron chi connectivity index (χ3n) is 3.63. The number of carbonyl (C=O) groups is 1. The van der Waals surface area contributed by atoms with Gasteiger partial charge in [0.1, 0.15) is 17.4 Å². The molecule has 0 spiro atoms. The van der Waals surface area contributed by atoms with Crippen LogP contribution in [-0.4, -0.2) is 48.9 Å². The summed E-state index contributed by atoms with van der Waals surface area (Å²) in [7, 11) is -1.41. The fourth-order valence-electron chi connectivity index (χ4n) is 2.31. The molecule has 0 aliphatic carbocycles. The van der Waals surface area contributed by atoms with Gasteiger partial charge in [0.25, 0.3) is 5.91 Å². The number of rotatable bonds is 4. The Morgan fingerprint density at radius 3 is 2.74 bits per heavy atom. The second-order valence-electron chi connectivity index (χ2n) is 5.35. The smallest absolute Gasteiger partial charge is 0.267 e. The highest BCUT2D eigenvalue weighted by molar-refractivity contribution is 7.91. The zero-order valence-electron chi connectivity index (χ0n) is 12.6. The number of anilines is 1. The minimum atomic E-state index is -3.04. The first-order chi connectivity index (χ1) is 10.8. The van der Waals surface area contributed by atoms with Crippen LogP contribution in [-0.2, 0) is 14.6 Å². The molecule has 0 bridgehead atoms. The van der Waals surface area contributed by atoms with Crippen LogP contribution in [0.5, 0.6) is 5.75 Å². The number of aromatic hydroxyl groups is 1. The van der Waals surface area contributed by atoms with Gasteiger partial charge in [0, 0.05) is 19.3 Å². The summed E-state index contributed by atoms with van der Waals surface area (Å²) in [4.78, 5) is 13.7. The number of sulfone groups is 1. The Balaban J connectivity index is 2.11. The van der Waals surface area contributed by atoms with E-state index in [-0.39, 0.29) is 34.6 Å². The van der Waals surface area contributed by atoms with Crippen molar-refractivity contribution in [2.75, 3.05) is 23.9 Å². The van der Waals surface area contributed by atoms with E-state index in [2.05, 4.69) is 5.32 Å². The van der Waals surface area contributed by atoms with E-state index in [0.29, 0.717) is 6.42 Å². The van der Waals surface area contributed by atoms with Crippen LogP contribution < -0.4 is 5.32 Å². The molecule has 1 saturated heterocycles. The van der Waals surface area contributed by atoms with E-state index in [1.807, 2.05) is 0 Å². The van der Waals surface area contributed by atoms with E-state index in [1.165, 1.54) is 18.3 Å². The summed E-state index contributed by atoms with van der Waals surface area (Å²) in [6.45, 7) is 0. The molecule has 2 rings (SSSR count). The number of nitrogens with zero attached hydrogens (tertiary/aromatic N) is 2. The van der Waals surface area contributed by atoms with Crippen LogP contribution in [0.1, 0.15) is 6.42 Å². The molecular weight excluding hydrogens is 318 g/mol. The molecule has 0 saturated carbocycles. The summed E-state index contributed by atoms with van der Waals surface area (Å²) in [5.74, 6) is -0.642. The number of nitrogens with one attached hydrogen (secondary N) is 1. The number of hydrogen-bond acceptors (Lipinski definition) is 6. The van der Waals surface area contributed by atoms with Gasteiger partial charge in [0.2, 0.25) is 0 Å². The van der Waals surface area contributed by atoms with Gasteiger partial charge < -0.3 is 15.3 Å². The van der Waals surface area contributed by atoms with E-state index in [9.17, 15) is 18.3 Å². The SMILES string of the molecule is CN(/C=C(/C#N)C(=O)Nc1ccccc1O)C1CCS(=O)(=O)C1. The maximum absolute atomic E-state index is 12.1. The molecule has 1 amide bonds. The fourth-order valence-corrected chi connectivity index (χ4v) is 4.10. The third-order valence-corrected chi connectivity index (χ3v) is 5.38. The van der Waals surface area contributed by atoms with Gasteiger partial charge in [-0.25, -0.2) is 8.42 Å². The first-order valence-corrected chi connectivity index (χ1v) is 8.78. The molecule has 1 aliphatic rings. The van der Waals surface area contributed by atoms with Gasteiger partial charge >= 0.3 is 0 Å². The van der Waals surface area contributed by atoms with Crippen molar-refractivity contribution in [3.8, 4) is 11.8 Å². The Hall–Kier alpha value is -2.53. The highest BCUT2D eigenvalue weighted by Crippen LogP contribution is 2.22. The maximum Gasteiger partial charge on any atom is 0.267 e. The van der Waals surface area contributed by atoms with Crippen LogP contribution in [0.4, 0.5) is 5.69 Å². The van der Waals surface area contributed by atoms with E-state index in [0.717, 1.165) is 0 Å². The first-order valence-electron chi connectivity index (χ1n) is 6.96. The Morgan fingerprint density at radius 2 is 2.17 bits per heavy atom.